The van der Waals surface area contributed by atoms with E-state index in [1.807, 2.05) is 12.1 Å². The number of benzene rings is 2. The van der Waals surface area contributed by atoms with Crippen molar-refractivity contribution in [2.24, 2.45) is 5.92 Å². The molecule has 1 aromatic heterocycles. The van der Waals surface area contributed by atoms with Crippen LogP contribution in [0.2, 0.25) is 0 Å². The molecule has 9 heteroatoms. The summed E-state index contributed by atoms with van der Waals surface area (Å²) in [6.45, 7) is 0. The number of carbonyl (C=O) groups excluding carboxylic acids is 1. The van der Waals surface area contributed by atoms with Crippen molar-refractivity contribution in [2.75, 3.05) is 20.0 Å². The molecule has 0 aliphatic heterocycles. The van der Waals surface area contributed by atoms with Gasteiger partial charge >= 0.3 is 5.97 Å². The molecule has 8 nitrogen and oxygen atoms in total. The summed E-state index contributed by atoms with van der Waals surface area (Å²) in [4.78, 5) is 28.4. The lowest BCUT2D eigenvalue weighted by Crippen LogP contribution is -2.46. The molecule has 0 fully saturated rings. The van der Waals surface area contributed by atoms with Gasteiger partial charge in [0.1, 0.15) is 11.8 Å². The molecule has 1 amide bonds. The number of amides is 1. The van der Waals surface area contributed by atoms with Crippen molar-refractivity contribution >= 4 is 35.4 Å². The Morgan fingerprint density at radius 3 is 2.62 bits per heavy atom. The molecule has 34 heavy (non-hydrogen) atoms. The minimum atomic E-state index is -1.13. The first-order valence-electron chi connectivity index (χ1n) is 11.0. The number of H-pyrrole nitrogens is 1. The summed E-state index contributed by atoms with van der Waals surface area (Å²) in [5, 5.41) is 23.1. The van der Waals surface area contributed by atoms with Gasteiger partial charge < -0.3 is 30.0 Å². The number of aromatic nitrogens is 1. The third kappa shape index (κ3) is 4.52. The first kappa shape index (κ1) is 23.8. The molecule has 1 heterocycles. The summed E-state index contributed by atoms with van der Waals surface area (Å²) in [6.07, 6.45) is 3.33. The van der Waals surface area contributed by atoms with Crippen LogP contribution in [0.3, 0.4) is 0 Å². The maximum Gasteiger partial charge on any atom is 0.326 e. The number of ether oxygens (including phenoxy) is 2. The highest BCUT2D eigenvalue weighted by Gasteiger charge is 2.36. The summed E-state index contributed by atoms with van der Waals surface area (Å²) >= 11 is 4.44. The molecule has 0 spiro atoms. The monoisotopic (exact) mass is 484 g/mol. The molecule has 3 aromatic rings. The van der Waals surface area contributed by atoms with E-state index in [-0.39, 0.29) is 29.7 Å². The number of aromatic hydroxyl groups is 1. The van der Waals surface area contributed by atoms with Crippen LogP contribution in [0.15, 0.2) is 36.5 Å². The van der Waals surface area contributed by atoms with Crippen molar-refractivity contribution in [3.05, 3.63) is 53.2 Å². The van der Waals surface area contributed by atoms with E-state index in [9.17, 15) is 19.8 Å². The minimum absolute atomic E-state index is 0.0795. The largest absolute Gasteiger partial charge is 0.508 e. The Kier molecular flexibility index (Phi) is 6.92. The quantitative estimate of drug-likeness (QED) is 0.297. The van der Waals surface area contributed by atoms with E-state index in [1.165, 1.54) is 0 Å². The number of hydrogen-bond donors (Lipinski definition) is 5. The van der Waals surface area contributed by atoms with Crippen LogP contribution in [-0.4, -0.2) is 53.1 Å². The number of aryl methyl sites for hydroxylation is 1. The van der Waals surface area contributed by atoms with E-state index in [4.69, 9.17) is 9.47 Å². The van der Waals surface area contributed by atoms with Gasteiger partial charge in [0.15, 0.2) is 11.5 Å². The summed E-state index contributed by atoms with van der Waals surface area (Å²) < 4.78 is 10.8. The van der Waals surface area contributed by atoms with Crippen molar-refractivity contribution in [3.63, 3.8) is 0 Å². The van der Waals surface area contributed by atoms with Gasteiger partial charge in [-0.15, -0.1) is 0 Å². The molecule has 0 bridgehead atoms. The van der Waals surface area contributed by atoms with Crippen LogP contribution in [0.1, 0.15) is 29.0 Å². The summed E-state index contributed by atoms with van der Waals surface area (Å²) in [5.74, 6) is -0.481. The number of methoxy groups -OCH3 is 2. The van der Waals surface area contributed by atoms with Gasteiger partial charge in [-0.3, -0.25) is 4.79 Å². The van der Waals surface area contributed by atoms with Gasteiger partial charge in [0.05, 0.1) is 20.1 Å². The highest BCUT2D eigenvalue weighted by atomic mass is 32.1. The number of phenols is 1. The highest BCUT2D eigenvalue weighted by Crippen LogP contribution is 2.44. The SMILES string of the molecule is COc1cc2c(cc1OC)C(C(CS)C(=O)NC(Cc1c[nH]c3ccc(O)cc13)C(=O)O)CC2. The average molecular weight is 485 g/mol. The van der Waals surface area contributed by atoms with Crippen molar-refractivity contribution in [1.29, 1.82) is 0 Å². The van der Waals surface area contributed by atoms with Crippen LogP contribution in [0.4, 0.5) is 0 Å². The summed E-state index contributed by atoms with van der Waals surface area (Å²) in [6, 6.07) is 7.58. The number of phenolic OH excluding ortho intramolecular Hbond substituents is 1. The Morgan fingerprint density at radius 2 is 1.94 bits per heavy atom. The number of carbonyl (C=O) groups is 2. The smallest absolute Gasteiger partial charge is 0.326 e. The normalized spacial score (nSPS) is 16.6. The Balaban J connectivity index is 1.55. The van der Waals surface area contributed by atoms with Crippen molar-refractivity contribution in [1.82, 2.24) is 10.3 Å². The number of carboxylic acid groups (broad SMARTS) is 1. The van der Waals surface area contributed by atoms with Crippen LogP contribution < -0.4 is 14.8 Å². The van der Waals surface area contributed by atoms with E-state index in [0.29, 0.717) is 17.1 Å². The zero-order valence-corrected chi connectivity index (χ0v) is 19.9. The van der Waals surface area contributed by atoms with Crippen LogP contribution >= 0.6 is 12.6 Å². The van der Waals surface area contributed by atoms with Gasteiger partial charge in [-0.25, -0.2) is 4.79 Å². The van der Waals surface area contributed by atoms with E-state index < -0.39 is 17.9 Å². The van der Waals surface area contributed by atoms with Crippen molar-refractivity contribution < 1.29 is 29.3 Å². The molecule has 3 unspecified atom stereocenters. The van der Waals surface area contributed by atoms with Gasteiger partial charge in [-0.05, 0) is 65.8 Å². The zero-order chi connectivity index (χ0) is 24.4. The summed E-state index contributed by atoms with van der Waals surface area (Å²) in [5.41, 5.74) is 3.58. The first-order chi connectivity index (χ1) is 16.4. The van der Waals surface area contributed by atoms with Crippen molar-refractivity contribution in [2.45, 2.75) is 31.2 Å². The molecule has 0 saturated carbocycles. The van der Waals surface area contributed by atoms with Gasteiger partial charge in [-0.2, -0.15) is 12.6 Å². The molecule has 0 saturated heterocycles. The van der Waals surface area contributed by atoms with Crippen LogP contribution in [0, 0.1) is 5.92 Å². The van der Waals surface area contributed by atoms with Crippen LogP contribution in [-0.2, 0) is 22.4 Å². The second-order valence-corrected chi connectivity index (χ2v) is 8.85. The number of nitrogens with one attached hydrogen (secondary N) is 2. The van der Waals surface area contributed by atoms with Crippen LogP contribution in [0.5, 0.6) is 17.2 Å². The fraction of sp³-hybridized carbons (Fsp3) is 0.360. The highest BCUT2D eigenvalue weighted by molar-refractivity contribution is 7.80. The van der Waals surface area contributed by atoms with E-state index in [0.717, 1.165) is 34.9 Å². The molecule has 3 atom stereocenters. The second kappa shape index (κ2) is 9.89. The standard InChI is InChI=1S/C25H28N2O6S/c1-32-22-8-13-3-5-16(17(13)10-23(22)33-2)19(12-34)24(29)27-21(25(30)31)7-14-11-26-20-6-4-15(28)9-18(14)20/h4,6,8-11,16,19,21,26,28,34H,3,5,7,12H2,1-2H3,(H,27,29)(H,30,31). The molecule has 1 aliphatic carbocycles. The predicted octanol–water partition coefficient (Wildman–Crippen LogP) is 3.28. The molecule has 4 rings (SSSR count). The number of carboxylic acids is 1. The molecule has 2 aromatic carbocycles. The zero-order valence-electron chi connectivity index (χ0n) is 19.0. The third-order valence-electron chi connectivity index (χ3n) is 6.58. The topological polar surface area (TPSA) is 121 Å². The maximum atomic E-state index is 13.3. The molecule has 4 N–H and O–H groups in total. The molecular weight excluding hydrogens is 456 g/mol. The number of rotatable bonds is 9. The van der Waals surface area contributed by atoms with Crippen molar-refractivity contribution in [3.8, 4) is 17.2 Å². The van der Waals surface area contributed by atoms with E-state index in [1.54, 1.807) is 38.6 Å². The number of thiol groups is 1. The number of aliphatic carboxylic acids is 1. The second-order valence-electron chi connectivity index (χ2n) is 8.49. The molecule has 1 aliphatic rings. The Hall–Kier alpha value is -3.33. The Bertz CT molecular complexity index is 1220. The van der Waals surface area contributed by atoms with Gasteiger partial charge in [0.2, 0.25) is 5.91 Å². The lowest BCUT2D eigenvalue weighted by molar-refractivity contribution is -0.142. The molecular formula is C25H28N2O6S. The number of aromatic amines is 1. The lowest BCUT2D eigenvalue weighted by Gasteiger charge is -2.25. The first-order valence-corrected chi connectivity index (χ1v) is 11.7. The average Bonchev–Trinajstić information content (AvgIpc) is 3.41. The number of hydrogen-bond acceptors (Lipinski definition) is 6. The molecule has 180 valence electrons. The summed E-state index contributed by atoms with van der Waals surface area (Å²) in [7, 11) is 3.15. The van der Waals surface area contributed by atoms with E-state index in [2.05, 4.69) is 22.9 Å². The Labute approximate surface area is 202 Å². The van der Waals surface area contributed by atoms with Gasteiger partial charge in [0, 0.05) is 29.3 Å². The number of fused-ring (bicyclic) bond motifs is 2. The predicted molar refractivity (Wildman–Crippen MR) is 131 cm³/mol. The fourth-order valence-electron chi connectivity index (χ4n) is 4.81. The molecule has 0 radical (unpaired) electrons. The lowest BCUT2D eigenvalue weighted by atomic mass is 9.87. The fourth-order valence-corrected chi connectivity index (χ4v) is 5.23. The van der Waals surface area contributed by atoms with Gasteiger partial charge in [-0.1, -0.05) is 0 Å². The van der Waals surface area contributed by atoms with E-state index >= 15 is 0 Å². The minimum Gasteiger partial charge on any atom is -0.508 e. The Morgan fingerprint density at radius 1 is 1.21 bits per heavy atom. The third-order valence-corrected chi connectivity index (χ3v) is 6.97. The maximum absolute atomic E-state index is 13.3. The van der Waals surface area contributed by atoms with Crippen LogP contribution in [0.25, 0.3) is 10.9 Å². The van der Waals surface area contributed by atoms with Gasteiger partial charge in [0.25, 0.3) is 0 Å².